The van der Waals surface area contributed by atoms with E-state index in [-0.39, 0.29) is 29.3 Å². The van der Waals surface area contributed by atoms with Crippen molar-refractivity contribution >= 4 is 34.1 Å². The molecule has 2 aliphatic rings. The first-order chi connectivity index (χ1) is 19.3. The Morgan fingerprint density at radius 2 is 1.77 bits per heavy atom. The molecule has 10 nitrogen and oxygen atoms in total. The fourth-order valence-corrected chi connectivity index (χ4v) is 5.63. The highest BCUT2D eigenvalue weighted by Gasteiger charge is 2.61. The van der Waals surface area contributed by atoms with Gasteiger partial charge in [-0.1, -0.05) is 30.3 Å². The minimum atomic E-state index is -1.90. The molecule has 2 amide bonds. The Morgan fingerprint density at radius 3 is 2.50 bits per heavy atom. The number of hydrogen-bond acceptors (Lipinski definition) is 7. The molecule has 2 aliphatic heterocycles. The van der Waals surface area contributed by atoms with Crippen LogP contribution in [-0.4, -0.2) is 30.0 Å². The van der Waals surface area contributed by atoms with E-state index in [1.54, 1.807) is 87.0 Å². The number of methoxy groups -OCH3 is 1. The molecule has 0 saturated heterocycles. The third kappa shape index (κ3) is 3.31. The van der Waals surface area contributed by atoms with E-state index < -0.39 is 22.8 Å². The van der Waals surface area contributed by atoms with Gasteiger partial charge in [0.15, 0.2) is 5.41 Å². The predicted molar refractivity (Wildman–Crippen MR) is 148 cm³/mol. The minimum Gasteiger partial charge on any atom is -0.497 e. The van der Waals surface area contributed by atoms with E-state index in [1.165, 1.54) is 9.47 Å². The van der Waals surface area contributed by atoms with Crippen molar-refractivity contribution in [3.63, 3.8) is 0 Å². The van der Waals surface area contributed by atoms with Gasteiger partial charge in [-0.2, -0.15) is 5.26 Å². The molecule has 0 bridgehead atoms. The number of nitrogens with zero attached hydrogens (tertiary/aromatic N) is 3. The topological polar surface area (TPSA) is 140 Å². The van der Waals surface area contributed by atoms with Gasteiger partial charge in [0.05, 0.1) is 18.2 Å². The summed E-state index contributed by atoms with van der Waals surface area (Å²) in [5.41, 5.74) is 5.50. The van der Waals surface area contributed by atoms with Crippen LogP contribution < -0.4 is 31.0 Å². The molecular weight excluding hydrogens is 510 g/mol. The summed E-state index contributed by atoms with van der Waals surface area (Å²) in [4.78, 5) is 43.0. The van der Waals surface area contributed by atoms with Crippen LogP contribution in [0.25, 0.3) is 10.9 Å². The van der Waals surface area contributed by atoms with Crippen molar-refractivity contribution in [1.82, 2.24) is 4.57 Å². The van der Waals surface area contributed by atoms with Crippen LogP contribution in [0.2, 0.25) is 0 Å². The lowest BCUT2D eigenvalue weighted by molar-refractivity contribution is -0.123. The number of rotatable bonds is 4. The average Bonchev–Trinajstić information content (AvgIpc) is 3.20. The van der Waals surface area contributed by atoms with E-state index in [1.807, 2.05) is 6.07 Å². The van der Waals surface area contributed by atoms with E-state index in [2.05, 4.69) is 5.32 Å². The van der Waals surface area contributed by atoms with Crippen LogP contribution in [0.1, 0.15) is 11.1 Å². The first-order valence-corrected chi connectivity index (χ1v) is 12.4. The van der Waals surface area contributed by atoms with Gasteiger partial charge in [-0.15, -0.1) is 0 Å². The summed E-state index contributed by atoms with van der Waals surface area (Å²) in [5, 5.41) is 13.6. The van der Waals surface area contributed by atoms with Gasteiger partial charge >= 0.3 is 0 Å². The molecule has 198 valence electrons. The highest BCUT2D eigenvalue weighted by Crippen LogP contribution is 2.55. The summed E-state index contributed by atoms with van der Waals surface area (Å²) in [6.45, 7) is -0.369. The Balaban J connectivity index is 1.54. The molecule has 3 aromatic carbocycles. The van der Waals surface area contributed by atoms with Gasteiger partial charge in [0.2, 0.25) is 17.7 Å². The zero-order valence-electron chi connectivity index (χ0n) is 21.6. The lowest BCUT2D eigenvalue weighted by Gasteiger charge is -2.34. The van der Waals surface area contributed by atoms with Crippen molar-refractivity contribution in [3.05, 3.63) is 106 Å². The van der Waals surface area contributed by atoms with Crippen molar-refractivity contribution in [1.29, 1.82) is 5.26 Å². The van der Waals surface area contributed by atoms with E-state index in [9.17, 15) is 19.6 Å². The number of nitriles is 1. The Bertz CT molecular complexity index is 1870. The molecule has 0 fully saturated rings. The second-order valence-electron chi connectivity index (χ2n) is 9.47. The van der Waals surface area contributed by atoms with E-state index in [4.69, 9.17) is 15.2 Å². The van der Waals surface area contributed by atoms with E-state index in [0.29, 0.717) is 33.6 Å². The van der Waals surface area contributed by atoms with Gasteiger partial charge in [-0.05, 0) is 42.5 Å². The zero-order valence-corrected chi connectivity index (χ0v) is 21.6. The van der Waals surface area contributed by atoms with Crippen LogP contribution in [0.15, 0.2) is 89.0 Å². The molecule has 1 aromatic heterocycles. The molecule has 10 heteroatoms. The molecule has 4 aromatic rings. The Labute approximate surface area is 228 Å². The van der Waals surface area contributed by atoms with Gasteiger partial charge in [0.1, 0.15) is 29.7 Å². The number of pyridine rings is 1. The maximum atomic E-state index is 14.6. The van der Waals surface area contributed by atoms with Crippen molar-refractivity contribution in [2.75, 3.05) is 23.9 Å². The number of carbonyl (C=O) groups excluding carboxylic acids is 2. The van der Waals surface area contributed by atoms with Crippen molar-refractivity contribution in [2.24, 2.45) is 12.8 Å². The third-order valence-electron chi connectivity index (χ3n) is 7.42. The molecule has 0 radical (unpaired) electrons. The van der Waals surface area contributed by atoms with Crippen molar-refractivity contribution in [3.8, 4) is 17.6 Å². The summed E-state index contributed by atoms with van der Waals surface area (Å²) in [6, 6.07) is 22.7. The van der Waals surface area contributed by atoms with Gasteiger partial charge in [0.25, 0.3) is 5.56 Å². The number of amides is 2. The van der Waals surface area contributed by atoms with Crippen LogP contribution >= 0.6 is 0 Å². The number of fused-ring (bicyclic) bond motifs is 6. The lowest BCUT2D eigenvalue weighted by atomic mass is 9.69. The van der Waals surface area contributed by atoms with Gasteiger partial charge in [-0.25, -0.2) is 0 Å². The molecule has 40 heavy (non-hydrogen) atoms. The SMILES string of the molecule is COc1ccc(NC(=O)CN2C(=O)[C@]3(C(C#N)=C(N)Oc4c3c(=O)n(C)c3ccccc43)c3ccccc32)cc1. The van der Waals surface area contributed by atoms with Gasteiger partial charge < -0.3 is 30.0 Å². The second-order valence-corrected chi connectivity index (χ2v) is 9.47. The first kappa shape index (κ1) is 24.8. The molecule has 0 unspecified atom stereocenters. The first-order valence-electron chi connectivity index (χ1n) is 12.4. The third-order valence-corrected chi connectivity index (χ3v) is 7.42. The smallest absolute Gasteiger partial charge is 0.259 e. The van der Waals surface area contributed by atoms with Crippen LogP contribution in [0.5, 0.6) is 11.5 Å². The maximum absolute atomic E-state index is 14.6. The van der Waals surface area contributed by atoms with E-state index >= 15 is 0 Å². The molecule has 3 heterocycles. The quantitative estimate of drug-likeness (QED) is 0.411. The normalized spacial score (nSPS) is 17.3. The van der Waals surface area contributed by atoms with E-state index in [0.717, 1.165) is 0 Å². The van der Waals surface area contributed by atoms with Gasteiger partial charge in [-0.3, -0.25) is 14.4 Å². The molecule has 3 N–H and O–H groups in total. The van der Waals surface area contributed by atoms with Crippen LogP contribution in [0.3, 0.4) is 0 Å². The molecule has 0 saturated carbocycles. The predicted octanol–water partition coefficient (Wildman–Crippen LogP) is 2.90. The Hall–Kier alpha value is -5.56. The van der Waals surface area contributed by atoms with Crippen LogP contribution in [0, 0.1) is 11.3 Å². The number of aryl methyl sites for hydroxylation is 1. The number of ether oxygens (including phenoxy) is 2. The number of nitrogens with two attached hydrogens (primary N) is 1. The summed E-state index contributed by atoms with van der Waals surface area (Å²) in [6.07, 6.45) is 0. The number of hydrogen-bond donors (Lipinski definition) is 2. The lowest BCUT2D eigenvalue weighted by Crippen LogP contribution is -2.50. The number of carbonyl (C=O) groups is 2. The molecule has 1 atom stereocenters. The number of aromatic nitrogens is 1. The summed E-state index contributed by atoms with van der Waals surface area (Å²) in [5.74, 6) is -0.650. The highest BCUT2D eigenvalue weighted by atomic mass is 16.5. The fraction of sp³-hybridized carbons (Fsp3) is 0.133. The van der Waals surface area contributed by atoms with Crippen molar-refractivity contribution < 1.29 is 19.1 Å². The Kier molecular flexibility index (Phi) is 5.59. The second kappa shape index (κ2) is 9.03. The monoisotopic (exact) mass is 533 g/mol. The van der Waals surface area contributed by atoms with Gasteiger partial charge in [0, 0.05) is 29.4 Å². The molecule has 0 aliphatic carbocycles. The average molecular weight is 534 g/mol. The Morgan fingerprint density at radius 1 is 1.07 bits per heavy atom. The molecule has 6 rings (SSSR count). The maximum Gasteiger partial charge on any atom is 0.259 e. The highest BCUT2D eigenvalue weighted by molar-refractivity contribution is 6.17. The zero-order chi connectivity index (χ0) is 28.2. The van der Waals surface area contributed by atoms with Crippen LogP contribution in [0.4, 0.5) is 11.4 Å². The summed E-state index contributed by atoms with van der Waals surface area (Å²) < 4.78 is 12.5. The number of anilines is 2. The number of nitrogens with one attached hydrogen (secondary N) is 1. The summed E-state index contributed by atoms with van der Waals surface area (Å²) >= 11 is 0. The largest absolute Gasteiger partial charge is 0.497 e. The molecule has 1 spiro atoms. The van der Waals surface area contributed by atoms with Crippen LogP contribution in [-0.2, 0) is 22.1 Å². The van der Waals surface area contributed by atoms with Crippen molar-refractivity contribution in [2.45, 2.75) is 5.41 Å². The standard InChI is InChI=1S/C30H23N5O5/c1-34-22-9-5-3-7-19(22)26-25(28(34)37)30(21(15-31)27(32)40-26)20-8-4-6-10-23(20)35(29(30)38)16-24(36)33-17-11-13-18(39-2)14-12-17/h3-14H,16,32H2,1-2H3,(H,33,36)/t30-/m0/s1. The number of para-hydroxylation sites is 2. The fourth-order valence-electron chi connectivity index (χ4n) is 5.63. The summed E-state index contributed by atoms with van der Waals surface area (Å²) in [7, 11) is 3.14. The minimum absolute atomic E-state index is 0.0186. The number of benzene rings is 3. The molecular formula is C30H23N5O5.